The summed E-state index contributed by atoms with van der Waals surface area (Å²) in [6.07, 6.45) is -3.78. The lowest BCUT2D eigenvalue weighted by molar-refractivity contribution is -0.274. The van der Waals surface area contributed by atoms with Crippen molar-refractivity contribution in [1.82, 2.24) is 0 Å². The lowest BCUT2D eigenvalue weighted by atomic mass is 10.0. The fraction of sp³-hybridized carbons (Fsp3) is 0.455. The number of halogens is 3. The van der Waals surface area contributed by atoms with Crippen LogP contribution in [0.5, 0.6) is 5.75 Å². The molecule has 5 heteroatoms. The summed E-state index contributed by atoms with van der Waals surface area (Å²) in [5.74, 6) is 0.162. The first-order valence-electron chi connectivity index (χ1n) is 4.96. The van der Waals surface area contributed by atoms with Crippen molar-refractivity contribution in [3.05, 3.63) is 29.8 Å². The van der Waals surface area contributed by atoms with Crippen LogP contribution in [-0.2, 0) is 5.54 Å². The maximum absolute atomic E-state index is 11.9. The van der Waals surface area contributed by atoms with Crippen molar-refractivity contribution < 1.29 is 17.9 Å². The molecule has 1 fully saturated rings. The van der Waals surface area contributed by atoms with Crippen molar-refractivity contribution in [3.8, 4) is 5.75 Å². The molecule has 2 atom stereocenters. The predicted molar refractivity (Wildman–Crippen MR) is 52.8 cm³/mol. The van der Waals surface area contributed by atoms with E-state index < -0.39 is 6.36 Å². The first-order chi connectivity index (χ1) is 7.31. The van der Waals surface area contributed by atoms with Crippen LogP contribution >= 0.6 is 0 Å². The second kappa shape index (κ2) is 3.38. The molecule has 0 heterocycles. The third-order valence-electron chi connectivity index (χ3n) is 2.99. The minimum absolute atomic E-state index is 0.215. The first-order valence-corrected chi connectivity index (χ1v) is 4.96. The minimum Gasteiger partial charge on any atom is -0.406 e. The molecule has 0 aliphatic heterocycles. The second-order valence-electron chi connectivity index (χ2n) is 4.22. The Bertz CT molecular complexity index is 387. The van der Waals surface area contributed by atoms with Crippen molar-refractivity contribution in [2.45, 2.75) is 25.2 Å². The van der Waals surface area contributed by atoms with E-state index in [-0.39, 0.29) is 11.3 Å². The Hall–Kier alpha value is -1.23. The monoisotopic (exact) mass is 231 g/mol. The van der Waals surface area contributed by atoms with Gasteiger partial charge in [0.05, 0.1) is 0 Å². The van der Waals surface area contributed by atoms with Crippen LogP contribution in [0.4, 0.5) is 13.2 Å². The molecule has 0 amide bonds. The zero-order valence-corrected chi connectivity index (χ0v) is 8.71. The van der Waals surface area contributed by atoms with E-state index in [9.17, 15) is 13.2 Å². The molecule has 88 valence electrons. The van der Waals surface area contributed by atoms with Crippen LogP contribution in [0.1, 0.15) is 18.9 Å². The molecular formula is C11H12F3NO. The molecule has 0 spiro atoms. The maximum Gasteiger partial charge on any atom is 0.573 e. The summed E-state index contributed by atoms with van der Waals surface area (Å²) in [6, 6.07) is 5.76. The van der Waals surface area contributed by atoms with Gasteiger partial charge in [0.25, 0.3) is 0 Å². The third kappa shape index (κ3) is 2.14. The quantitative estimate of drug-likeness (QED) is 0.849. The zero-order chi connectivity index (χ0) is 12.0. The number of alkyl halides is 3. The average molecular weight is 231 g/mol. The maximum atomic E-state index is 11.9. The van der Waals surface area contributed by atoms with Crippen molar-refractivity contribution in [2.75, 3.05) is 0 Å². The summed E-state index contributed by atoms with van der Waals surface area (Å²) in [6.45, 7) is 2.01. The topological polar surface area (TPSA) is 35.2 Å². The van der Waals surface area contributed by atoms with Crippen LogP contribution in [0.25, 0.3) is 0 Å². The van der Waals surface area contributed by atoms with Gasteiger partial charge >= 0.3 is 6.36 Å². The summed E-state index contributed by atoms with van der Waals surface area (Å²) in [7, 11) is 0. The lowest BCUT2D eigenvalue weighted by Crippen LogP contribution is -2.21. The number of hydrogen-bond donors (Lipinski definition) is 1. The van der Waals surface area contributed by atoms with Gasteiger partial charge in [-0.3, -0.25) is 0 Å². The Morgan fingerprint density at radius 3 is 2.19 bits per heavy atom. The number of rotatable bonds is 2. The molecular weight excluding hydrogens is 219 g/mol. The van der Waals surface area contributed by atoms with Crippen LogP contribution in [0.15, 0.2) is 24.3 Å². The van der Waals surface area contributed by atoms with Crippen molar-refractivity contribution in [1.29, 1.82) is 0 Å². The van der Waals surface area contributed by atoms with Crippen LogP contribution in [0, 0.1) is 5.92 Å². The lowest BCUT2D eigenvalue weighted by Gasteiger charge is -2.12. The highest BCUT2D eigenvalue weighted by molar-refractivity contribution is 5.36. The Morgan fingerprint density at radius 1 is 1.31 bits per heavy atom. The van der Waals surface area contributed by atoms with Gasteiger partial charge in [0, 0.05) is 5.54 Å². The van der Waals surface area contributed by atoms with Crippen LogP contribution < -0.4 is 10.5 Å². The van der Waals surface area contributed by atoms with Gasteiger partial charge in [-0.05, 0) is 30.0 Å². The van der Waals surface area contributed by atoms with E-state index in [0.29, 0.717) is 5.92 Å². The van der Waals surface area contributed by atoms with Gasteiger partial charge in [-0.1, -0.05) is 19.1 Å². The molecule has 2 rings (SSSR count). The van der Waals surface area contributed by atoms with Gasteiger partial charge in [-0.25, -0.2) is 0 Å². The van der Waals surface area contributed by atoms with Gasteiger partial charge in [0.15, 0.2) is 0 Å². The highest BCUT2D eigenvalue weighted by atomic mass is 19.4. The van der Waals surface area contributed by atoms with Crippen molar-refractivity contribution in [2.24, 2.45) is 11.7 Å². The molecule has 2 nitrogen and oxygen atoms in total. The smallest absolute Gasteiger partial charge is 0.406 e. The molecule has 0 aromatic heterocycles. The fourth-order valence-corrected chi connectivity index (χ4v) is 1.82. The molecule has 0 bridgehead atoms. The first kappa shape index (κ1) is 11.3. The van der Waals surface area contributed by atoms with Gasteiger partial charge in [0.2, 0.25) is 0 Å². The highest BCUT2D eigenvalue weighted by Crippen LogP contribution is 2.49. The Morgan fingerprint density at radius 2 is 1.81 bits per heavy atom. The summed E-state index contributed by atoms with van der Waals surface area (Å²) in [5, 5.41) is 0. The van der Waals surface area contributed by atoms with Crippen molar-refractivity contribution in [3.63, 3.8) is 0 Å². The van der Waals surface area contributed by atoms with E-state index in [1.165, 1.54) is 12.1 Å². The molecule has 1 aliphatic rings. The number of hydrogen-bond acceptors (Lipinski definition) is 2. The molecule has 0 saturated heterocycles. The Labute approximate surface area is 91.2 Å². The van der Waals surface area contributed by atoms with E-state index in [4.69, 9.17) is 5.73 Å². The summed E-state index contributed by atoms with van der Waals surface area (Å²) in [4.78, 5) is 0. The standard InChI is InChI=1S/C11H12F3NO/c1-7-6-10(7,15)8-2-4-9(5-3-8)16-11(12,13)14/h2-5,7H,6,15H2,1H3. The normalized spacial score (nSPS) is 28.9. The third-order valence-corrected chi connectivity index (χ3v) is 2.99. The Balaban J connectivity index is 2.12. The van der Waals surface area contributed by atoms with Gasteiger partial charge in [-0.15, -0.1) is 13.2 Å². The van der Waals surface area contributed by atoms with E-state index in [0.717, 1.165) is 12.0 Å². The summed E-state index contributed by atoms with van der Waals surface area (Å²) >= 11 is 0. The van der Waals surface area contributed by atoms with Crippen LogP contribution in [-0.4, -0.2) is 6.36 Å². The van der Waals surface area contributed by atoms with Gasteiger partial charge in [-0.2, -0.15) is 0 Å². The molecule has 1 aromatic rings. The van der Waals surface area contributed by atoms with Crippen LogP contribution in [0.2, 0.25) is 0 Å². The number of nitrogens with two attached hydrogens (primary N) is 1. The Kier molecular flexibility index (Phi) is 2.38. The van der Waals surface area contributed by atoms with E-state index in [2.05, 4.69) is 4.74 Å². The molecule has 16 heavy (non-hydrogen) atoms. The largest absolute Gasteiger partial charge is 0.573 e. The SMILES string of the molecule is CC1CC1(N)c1ccc(OC(F)(F)F)cc1. The molecule has 1 aromatic carbocycles. The molecule has 0 radical (unpaired) electrons. The zero-order valence-electron chi connectivity index (χ0n) is 8.71. The van der Waals surface area contributed by atoms with Gasteiger partial charge < -0.3 is 10.5 Å². The fourth-order valence-electron chi connectivity index (χ4n) is 1.82. The molecule has 1 saturated carbocycles. The second-order valence-corrected chi connectivity index (χ2v) is 4.22. The van der Waals surface area contributed by atoms with Crippen molar-refractivity contribution >= 4 is 0 Å². The highest BCUT2D eigenvalue weighted by Gasteiger charge is 2.48. The predicted octanol–water partition coefficient (Wildman–Crippen LogP) is 2.78. The average Bonchev–Trinajstić information content (AvgIpc) is 2.74. The van der Waals surface area contributed by atoms with E-state index >= 15 is 0 Å². The summed E-state index contributed by atoms with van der Waals surface area (Å²) in [5.41, 5.74) is 6.52. The molecule has 2 unspecified atom stereocenters. The molecule has 2 N–H and O–H groups in total. The minimum atomic E-state index is -4.64. The van der Waals surface area contributed by atoms with E-state index in [1.54, 1.807) is 12.1 Å². The molecule has 1 aliphatic carbocycles. The number of ether oxygens (including phenoxy) is 1. The number of benzene rings is 1. The summed E-state index contributed by atoms with van der Waals surface area (Å²) < 4.78 is 39.5. The van der Waals surface area contributed by atoms with Crippen LogP contribution in [0.3, 0.4) is 0 Å². The van der Waals surface area contributed by atoms with Gasteiger partial charge in [0.1, 0.15) is 5.75 Å². The van der Waals surface area contributed by atoms with E-state index in [1.807, 2.05) is 6.92 Å².